The molecular formula is C18H18O6. The molecule has 0 aromatic carbocycles. The molecule has 0 aliphatic heterocycles. The first-order valence-electron chi connectivity index (χ1n) is 8.08. The zero-order chi connectivity index (χ0) is 17.1. The van der Waals surface area contributed by atoms with Gasteiger partial charge in [-0.15, -0.1) is 0 Å². The van der Waals surface area contributed by atoms with Crippen LogP contribution in [0.25, 0.3) is 5.57 Å². The number of methoxy groups -OCH3 is 2. The number of hydrogen-bond donors (Lipinski definition) is 0. The highest BCUT2D eigenvalue weighted by molar-refractivity contribution is 6.09. The van der Waals surface area contributed by atoms with Gasteiger partial charge in [-0.1, -0.05) is 0 Å². The molecule has 0 amide bonds. The Balaban J connectivity index is 1.91. The van der Waals surface area contributed by atoms with Gasteiger partial charge in [0, 0.05) is 30.4 Å². The Bertz CT molecular complexity index is 781. The molecule has 0 saturated carbocycles. The Kier molecular flexibility index (Phi) is 3.20. The highest BCUT2D eigenvalue weighted by atomic mass is 16.5. The fraction of sp³-hybridized carbons (Fsp3) is 0.500. The van der Waals surface area contributed by atoms with Gasteiger partial charge in [-0.2, -0.15) is 0 Å². The van der Waals surface area contributed by atoms with Crippen molar-refractivity contribution in [2.45, 2.75) is 38.0 Å². The van der Waals surface area contributed by atoms with Crippen LogP contribution in [0.4, 0.5) is 0 Å². The summed E-state index contributed by atoms with van der Waals surface area (Å²) in [6.07, 6.45) is 4.28. The van der Waals surface area contributed by atoms with E-state index in [9.17, 15) is 14.4 Å². The average Bonchev–Trinajstić information content (AvgIpc) is 2.97. The third-order valence-electron chi connectivity index (χ3n) is 5.43. The van der Waals surface area contributed by atoms with Crippen LogP contribution in [0.3, 0.4) is 0 Å². The third-order valence-corrected chi connectivity index (χ3v) is 5.43. The number of carbonyl (C=O) groups is 3. The van der Waals surface area contributed by atoms with Gasteiger partial charge in [0.2, 0.25) is 0 Å². The van der Waals surface area contributed by atoms with Crippen molar-refractivity contribution in [1.82, 2.24) is 0 Å². The summed E-state index contributed by atoms with van der Waals surface area (Å²) in [5.41, 5.74) is 1.09. The molecule has 0 fully saturated rings. The topological polar surface area (TPSA) is 82.8 Å². The maximum absolute atomic E-state index is 12.5. The van der Waals surface area contributed by atoms with E-state index >= 15 is 0 Å². The van der Waals surface area contributed by atoms with Crippen molar-refractivity contribution in [2.24, 2.45) is 5.41 Å². The molecule has 0 spiro atoms. The van der Waals surface area contributed by atoms with E-state index in [4.69, 9.17) is 13.9 Å². The Labute approximate surface area is 138 Å². The van der Waals surface area contributed by atoms with Gasteiger partial charge in [0.05, 0.1) is 20.1 Å². The average molecular weight is 330 g/mol. The van der Waals surface area contributed by atoms with Crippen molar-refractivity contribution >= 4 is 23.3 Å². The van der Waals surface area contributed by atoms with Crippen LogP contribution in [-0.2, 0) is 36.7 Å². The van der Waals surface area contributed by atoms with E-state index < -0.39 is 17.4 Å². The zero-order valence-corrected chi connectivity index (χ0v) is 13.6. The SMILES string of the molecule is COC(=O)C1(C(=O)OC)CC2=CC(=O)C3CCCc4oc(c2c43)C1. The molecule has 1 aromatic heterocycles. The number of allylic oxidation sites excluding steroid dienone is 2. The summed E-state index contributed by atoms with van der Waals surface area (Å²) in [5, 5.41) is 0. The quantitative estimate of drug-likeness (QED) is 0.609. The van der Waals surface area contributed by atoms with Gasteiger partial charge < -0.3 is 13.9 Å². The van der Waals surface area contributed by atoms with Crippen LogP contribution in [0.1, 0.15) is 47.8 Å². The van der Waals surface area contributed by atoms with Crippen molar-refractivity contribution in [2.75, 3.05) is 14.2 Å². The molecule has 1 heterocycles. The maximum Gasteiger partial charge on any atom is 0.324 e. The molecule has 1 atom stereocenters. The molecule has 0 bridgehead atoms. The Hall–Kier alpha value is -2.37. The first kappa shape index (κ1) is 15.2. The highest BCUT2D eigenvalue weighted by Crippen LogP contribution is 2.52. The molecule has 1 aromatic rings. The van der Waals surface area contributed by atoms with Crippen LogP contribution in [0.15, 0.2) is 10.5 Å². The number of furan rings is 1. The van der Waals surface area contributed by atoms with Crippen molar-refractivity contribution in [3.8, 4) is 0 Å². The second-order valence-electron chi connectivity index (χ2n) is 6.67. The highest BCUT2D eigenvalue weighted by Gasteiger charge is 2.55. The second kappa shape index (κ2) is 5.06. The van der Waals surface area contributed by atoms with Crippen LogP contribution >= 0.6 is 0 Å². The van der Waals surface area contributed by atoms with Crippen molar-refractivity contribution in [3.63, 3.8) is 0 Å². The minimum absolute atomic E-state index is 0.0244. The largest absolute Gasteiger partial charge is 0.468 e. The lowest BCUT2D eigenvalue weighted by Gasteiger charge is -2.34. The van der Waals surface area contributed by atoms with Crippen LogP contribution in [-0.4, -0.2) is 31.9 Å². The predicted molar refractivity (Wildman–Crippen MR) is 82.2 cm³/mol. The summed E-state index contributed by atoms with van der Waals surface area (Å²) < 4.78 is 15.7. The van der Waals surface area contributed by atoms with Crippen LogP contribution < -0.4 is 0 Å². The molecule has 6 heteroatoms. The number of rotatable bonds is 2. The van der Waals surface area contributed by atoms with Crippen LogP contribution in [0.5, 0.6) is 0 Å². The first-order chi connectivity index (χ1) is 11.5. The lowest BCUT2D eigenvalue weighted by molar-refractivity contribution is -0.169. The second-order valence-corrected chi connectivity index (χ2v) is 6.67. The number of aryl methyl sites for hydroxylation is 1. The standard InChI is InChI=1S/C18H18O6/c1-22-16(20)18(17(21)23-2)7-9-6-11(19)10-4-3-5-12-15(10)14(9)13(8-18)24-12/h6,10H,3-5,7-8H2,1-2H3. The molecule has 126 valence electrons. The fourth-order valence-electron chi connectivity index (χ4n) is 4.38. The van der Waals surface area contributed by atoms with E-state index in [2.05, 4.69) is 0 Å². The van der Waals surface area contributed by atoms with Crippen molar-refractivity contribution in [3.05, 3.63) is 28.7 Å². The van der Waals surface area contributed by atoms with E-state index in [0.717, 1.165) is 36.1 Å². The molecule has 6 nitrogen and oxygen atoms in total. The summed E-state index contributed by atoms with van der Waals surface area (Å²) >= 11 is 0. The fourth-order valence-corrected chi connectivity index (χ4v) is 4.38. The van der Waals surface area contributed by atoms with Gasteiger partial charge in [0.1, 0.15) is 11.5 Å². The number of carbonyl (C=O) groups excluding carboxylic acids is 3. The molecular weight excluding hydrogens is 312 g/mol. The van der Waals surface area contributed by atoms with Gasteiger partial charge in [0.15, 0.2) is 11.2 Å². The third kappa shape index (κ3) is 1.79. The van der Waals surface area contributed by atoms with E-state index in [1.807, 2.05) is 0 Å². The van der Waals surface area contributed by atoms with E-state index in [0.29, 0.717) is 11.3 Å². The molecule has 24 heavy (non-hydrogen) atoms. The predicted octanol–water partition coefficient (Wildman–Crippen LogP) is 1.94. The summed E-state index contributed by atoms with van der Waals surface area (Å²) in [7, 11) is 2.48. The monoisotopic (exact) mass is 330 g/mol. The molecule has 0 saturated heterocycles. The smallest absolute Gasteiger partial charge is 0.324 e. The summed E-state index contributed by atoms with van der Waals surface area (Å²) in [4.78, 5) is 37.4. The van der Waals surface area contributed by atoms with E-state index in [1.54, 1.807) is 6.08 Å². The number of hydrogen-bond acceptors (Lipinski definition) is 6. The van der Waals surface area contributed by atoms with E-state index in [1.165, 1.54) is 14.2 Å². The first-order valence-corrected chi connectivity index (χ1v) is 8.08. The van der Waals surface area contributed by atoms with Gasteiger partial charge in [-0.25, -0.2) is 0 Å². The Morgan fingerprint density at radius 3 is 2.54 bits per heavy atom. The zero-order valence-electron chi connectivity index (χ0n) is 13.6. The minimum atomic E-state index is -1.49. The number of ketones is 1. The number of ether oxygens (including phenoxy) is 2. The summed E-state index contributed by atoms with van der Waals surface area (Å²) in [6.45, 7) is 0. The molecule has 1 unspecified atom stereocenters. The molecule has 3 aliphatic carbocycles. The van der Waals surface area contributed by atoms with Crippen molar-refractivity contribution in [1.29, 1.82) is 0 Å². The van der Waals surface area contributed by atoms with Gasteiger partial charge in [-0.3, -0.25) is 14.4 Å². The molecule has 0 radical (unpaired) electrons. The van der Waals surface area contributed by atoms with Gasteiger partial charge in [-0.05, 0) is 24.5 Å². The lowest BCUT2D eigenvalue weighted by Crippen LogP contribution is -2.45. The van der Waals surface area contributed by atoms with Crippen LogP contribution in [0.2, 0.25) is 0 Å². The molecule has 4 rings (SSSR count). The number of esters is 2. The Morgan fingerprint density at radius 2 is 1.88 bits per heavy atom. The van der Waals surface area contributed by atoms with Crippen LogP contribution in [0, 0.1) is 5.41 Å². The lowest BCUT2D eigenvalue weighted by atomic mass is 9.66. The van der Waals surface area contributed by atoms with E-state index in [-0.39, 0.29) is 24.5 Å². The normalized spacial score (nSPS) is 23.2. The Morgan fingerprint density at radius 1 is 1.17 bits per heavy atom. The van der Waals surface area contributed by atoms with Gasteiger partial charge >= 0.3 is 11.9 Å². The summed E-state index contributed by atoms with van der Waals surface area (Å²) in [5.74, 6) is -0.0341. The molecule has 0 N–H and O–H groups in total. The van der Waals surface area contributed by atoms with Gasteiger partial charge in [0.25, 0.3) is 0 Å². The summed E-state index contributed by atoms with van der Waals surface area (Å²) in [6, 6.07) is 0. The maximum atomic E-state index is 12.5. The van der Waals surface area contributed by atoms with Crippen molar-refractivity contribution < 1.29 is 28.3 Å². The minimum Gasteiger partial charge on any atom is -0.468 e. The molecule has 3 aliphatic rings.